The van der Waals surface area contributed by atoms with Gasteiger partial charge in [-0.2, -0.15) is 0 Å². The Kier molecular flexibility index (Phi) is 4.26. The second kappa shape index (κ2) is 6.46. The van der Waals surface area contributed by atoms with Crippen molar-refractivity contribution in [1.29, 1.82) is 0 Å². The first-order valence-corrected chi connectivity index (χ1v) is 9.72. The molecule has 0 saturated heterocycles. The molecule has 1 heterocycles. The molecule has 1 unspecified atom stereocenters. The van der Waals surface area contributed by atoms with Crippen LogP contribution in [0.1, 0.15) is 51.6 Å². The molecule has 0 amide bonds. The number of nitrogens with zero attached hydrogens (tertiary/aromatic N) is 2. The van der Waals surface area contributed by atoms with Crippen molar-refractivity contribution in [2.75, 3.05) is 5.32 Å². The Morgan fingerprint density at radius 2 is 1.77 bits per heavy atom. The third-order valence-electron chi connectivity index (χ3n) is 5.63. The predicted molar refractivity (Wildman–Crippen MR) is 110 cm³/mol. The number of nitrogens with one attached hydrogen (secondary N) is 1. The van der Waals surface area contributed by atoms with Gasteiger partial charge in [-0.05, 0) is 61.8 Å². The van der Waals surface area contributed by atoms with Gasteiger partial charge in [-0.15, -0.1) is 0 Å². The van der Waals surface area contributed by atoms with Crippen LogP contribution >= 0.6 is 0 Å². The molecular weight excluding hydrogens is 318 g/mol. The Labute approximate surface area is 156 Å². The normalized spacial score (nSPS) is 22.5. The van der Waals surface area contributed by atoms with Crippen LogP contribution in [0.15, 0.2) is 48.5 Å². The minimum atomic E-state index is 0.370. The fourth-order valence-electron chi connectivity index (χ4n) is 4.76. The van der Waals surface area contributed by atoms with Gasteiger partial charge in [0.05, 0.1) is 11.0 Å². The highest BCUT2D eigenvalue weighted by Gasteiger charge is 2.34. The lowest BCUT2D eigenvalue weighted by atomic mass is 9.70. The number of anilines is 2. The van der Waals surface area contributed by atoms with E-state index in [-0.39, 0.29) is 0 Å². The van der Waals surface area contributed by atoms with Crippen LogP contribution in [0.25, 0.3) is 11.0 Å². The molecule has 1 saturated carbocycles. The van der Waals surface area contributed by atoms with E-state index in [1.165, 1.54) is 30.3 Å². The van der Waals surface area contributed by atoms with E-state index in [2.05, 4.69) is 86.1 Å². The van der Waals surface area contributed by atoms with E-state index in [4.69, 9.17) is 4.98 Å². The molecule has 3 nitrogen and oxygen atoms in total. The fourth-order valence-corrected chi connectivity index (χ4v) is 4.76. The van der Waals surface area contributed by atoms with Crippen molar-refractivity contribution in [3.63, 3.8) is 0 Å². The summed E-state index contributed by atoms with van der Waals surface area (Å²) in [6.45, 7) is 9.31. The Hall–Kier alpha value is -2.29. The van der Waals surface area contributed by atoms with Gasteiger partial charge in [-0.3, -0.25) is 0 Å². The number of hydrogen-bond donors (Lipinski definition) is 1. The maximum absolute atomic E-state index is 4.93. The molecular formula is C23H29N3. The van der Waals surface area contributed by atoms with Gasteiger partial charge in [0, 0.05) is 11.7 Å². The lowest BCUT2D eigenvalue weighted by Gasteiger charge is -2.40. The van der Waals surface area contributed by atoms with E-state index in [9.17, 15) is 0 Å². The van der Waals surface area contributed by atoms with Crippen LogP contribution in [0.3, 0.4) is 0 Å². The summed E-state index contributed by atoms with van der Waals surface area (Å²) in [5, 5.41) is 3.58. The number of aryl methyl sites for hydroxylation is 1. The van der Waals surface area contributed by atoms with Gasteiger partial charge >= 0.3 is 0 Å². The van der Waals surface area contributed by atoms with E-state index in [1.807, 2.05) is 0 Å². The molecule has 4 rings (SSSR count). The number of imidazole rings is 1. The maximum atomic E-state index is 4.93. The molecule has 1 aliphatic carbocycles. The minimum absolute atomic E-state index is 0.370. The zero-order valence-electron chi connectivity index (χ0n) is 16.3. The molecule has 0 spiro atoms. The van der Waals surface area contributed by atoms with Crippen molar-refractivity contribution in [2.24, 2.45) is 11.3 Å². The molecule has 0 aliphatic heterocycles. The van der Waals surface area contributed by atoms with E-state index < -0.39 is 0 Å². The third kappa shape index (κ3) is 3.35. The summed E-state index contributed by atoms with van der Waals surface area (Å²) >= 11 is 0. The average molecular weight is 348 g/mol. The highest BCUT2D eigenvalue weighted by molar-refractivity contribution is 5.80. The van der Waals surface area contributed by atoms with Crippen molar-refractivity contribution in [3.05, 3.63) is 54.1 Å². The molecule has 0 radical (unpaired) electrons. The molecule has 2 aromatic carbocycles. The average Bonchev–Trinajstić information content (AvgIpc) is 2.93. The van der Waals surface area contributed by atoms with Crippen LogP contribution < -0.4 is 5.32 Å². The van der Waals surface area contributed by atoms with Crippen molar-refractivity contribution >= 4 is 22.7 Å². The number of hydrogen-bond acceptors (Lipinski definition) is 2. The van der Waals surface area contributed by atoms with Crippen LogP contribution in [-0.2, 0) is 0 Å². The number of rotatable bonds is 3. The Morgan fingerprint density at radius 3 is 2.50 bits per heavy atom. The summed E-state index contributed by atoms with van der Waals surface area (Å²) < 4.78 is 2.45. The van der Waals surface area contributed by atoms with Crippen LogP contribution in [0.5, 0.6) is 0 Å². The molecule has 2 atom stereocenters. The summed E-state index contributed by atoms with van der Waals surface area (Å²) in [5.74, 6) is 1.70. The molecule has 0 bridgehead atoms. The Morgan fingerprint density at radius 1 is 1.04 bits per heavy atom. The quantitative estimate of drug-likeness (QED) is 0.588. The summed E-state index contributed by atoms with van der Waals surface area (Å²) in [6.07, 6.45) is 3.71. The first-order chi connectivity index (χ1) is 12.4. The monoisotopic (exact) mass is 347 g/mol. The first kappa shape index (κ1) is 17.1. The van der Waals surface area contributed by atoms with Gasteiger partial charge in [0.15, 0.2) is 0 Å². The maximum Gasteiger partial charge on any atom is 0.208 e. The summed E-state index contributed by atoms with van der Waals surface area (Å²) in [6, 6.07) is 17.5. The Balaban J connectivity index is 1.77. The number of para-hydroxylation sites is 2. The van der Waals surface area contributed by atoms with E-state index in [0.29, 0.717) is 11.5 Å². The number of benzene rings is 2. The van der Waals surface area contributed by atoms with Gasteiger partial charge in [0.2, 0.25) is 5.95 Å². The van der Waals surface area contributed by atoms with Crippen molar-refractivity contribution in [3.8, 4) is 0 Å². The highest BCUT2D eigenvalue weighted by atomic mass is 15.2. The molecule has 3 heteroatoms. The standard InChI is InChI=1S/C23H29N3/c1-16-9-11-18(12-10-16)24-22-25-20-7-5-6-8-21(20)26(22)19-13-17(2)14-23(3,4)15-19/h5-12,17,19H,13-15H2,1-4H3,(H,24,25)/t17?,19-/m1/s1. The minimum Gasteiger partial charge on any atom is -0.326 e. The number of fused-ring (bicyclic) bond motifs is 1. The van der Waals surface area contributed by atoms with Gasteiger partial charge < -0.3 is 9.88 Å². The van der Waals surface area contributed by atoms with Crippen molar-refractivity contribution in [2.45, 2.75) is 53.0 Å². The third-order valence-corrected chi connectivity index (χ3v) is 5.63. The van der Waals surface area contributed by atoms with E-state index in [0.717, 1.165) is 23.1 Å². The zero-order chi connectivity index (χ0) is 18.3. The molecule has 3 aromatic rings. The number of aromatic nitrogens is 2. The fraction of sp³-hybridized carbons (Fsp3) is 0.435. The largest absolute Gasteiger partial charge is 0.326 e. The molecule has 136 valence electrons. The van der Waals surface area contributed by atoms with Crippen molar-refractivity contribution in [1.82, 2.24) is 9.55 Å². The first-order valence-electron chi connectivity index (χ1n) is 9.72. The van der Waals surface area contributed by atoms with Crippen LogP contribution in [0.4, 0.5) is 11.6 Å². The molecule has 26 heavy (non-hydrogen) atoms. The predicted octanol–water partition coefficient (Wildman–Crippen LogP) is 6.48. The van der Waals surface area contributed by atoms with E-state index >= 15 is 0 Å². The second-order valence-corrected chi connectivity index (χ2v) is 8.85. The van der Waals surface area contributed by atoms with Gasteiger partial charge in [0.1, 0.15) is 0 Å². The molecule has 1 N–H and O–H groups in total. The van der Waals surface area contributed by atoms with Gasteiger partial charge in [-0.25, -0.2) is 4.98 Å². The van der Waals surface area contributed by atoms with Crippen LogP contribution in [0.2, 0.25) is 0 Å². The lowest BCUT2D eigenvalue weighted by molar-refractivity contribution is 0.140. The molecule has 1 fully saturated rings. The smallest absolute Gasteiger partial charge is 0.208 e. The van der Waals surface area contributed by atoms with E-state index in [1.54, 1.807) is 0 Å². The zero-order valence-corrected chi connectivity index (χ0v) is 16.3. The van der Waals surface area contributed by atoms with Gasteiger partial charge in [-0.1, -0.05) is 50.6 Å². The molecule has 1 aliphatic rings. The van der Waals surface area contributed by atoms with Gasteiger partial charge in [0.25, 0.3) is 0 Å². The Bertz CT molecular complexity index is 905. The second-order valence-electron chi connectivity index (χ2n) is 8.85. The summed E-state index contributed by atoms with van der Waals surface area (Å²) in [7, 11) is 0. The SMILES string of the molecule is Cc1ccc(Nc2nc3ccccc3n2[C@@H]2CC(C)CC(C)(C)C2)cc1. The molecule has 1 aromatic heterocycles. The van der Waals surface area contributed by atoms with Crippen molar-refractivity contribution < 1.29 is 0 Å². The summed E-state index contributed by atoms with van der Waals surface area (Å²) in [4.78, 5) is 4.93. The summed E-state index contributed by atoms with van der Waals surface area (Å²) in [5.41, 5.74) is 5.03. The highest BCUT2D eigenvalue weighted by Crippen LogP contribution is 2.45. The topological polar surface area (TPSA) is 29.9 Å². The van der Waals surface area contributed by atoms with Crippen LogP contribution in [0, 0.1) is 18.3 Å². The lowest BCUT2D eigenvalue weighted by Crippen LogP contribution is -2.29. The van der Waals surface area contributed by atoms with Crippen LogP contribution in [-0.4, -0.2) is 9.55 Å².